The Hall–Kier alpha value is -2.71. The minimum atomic E-state index is -4.05. The number of hydrogen-bond acceptors (Lipinski definition) is 5. The number of ether oxygens (including phenoxy) is 2. The number of rotatable bonds is 5. The van der Waals surface area contributed by atoms with Gasteiger partial charge in [0.15, 0.2) is 16.4 Å². The van der Waals surface area contributed by atoms with Crippen LogP contribution in [0.15, 0.2) is 41.3 Å². The molecule has 0 atom stereocenters. The van der Waals surface area contributed by atoms with E-state index in [0.717, 1.165) is 4.31 Å². The third-order valence-corrected chi connectivity index (χ3v) is 7.10. The maximum Gasteiger partial charge on any atom is 0.269 e. The van der Waals surface area contributed by atoms with Gasteiger partial charge in [-0.15, -0.1) is 0 Å². The second-order valence-corrected chi connectivity index (χ2v) is 8.74. The van der Waals surface area contributed by atoms with E-state index in [2.05, 4.69) is 5.32 Å². The topological polar surface area (TPSA) is 84.9 Å². The number of fused-ring (bicyclic) bond motifs is 1. The molecule has 3 rings (SSSR count). The van der Waals surface area contributed by atoms with E-state index in [1.54, 1.807) is 43.3 Å². The number of sulfonamides is 1. The van der Waals surface area contributed by atoms with E-state index in [1.165, 1.54) is 21.3 Å². The molecule has 29 heavy (non-hydrogen) atoms. The number of nitrogens with zero attached hydrogens (tertiary/aromatic N) is 1. The molecule has 1 N–H and O–H groups in total. The van der Waals surface area contributed by atoms with Crippen molar-refractivity contribution in [1.82, 2.24) is 5.32 Å². The van der Waals surface area contributed by atoms with Gasteiger partial charge >= 0.3 is 0 Å². The molecular weight excluding hydrogens is 416 g/mol. The standard InChI is InChI=1S/C20H21ClN2O5S/c1-12-14-9-17(27-3)18(28-4)10-16(14)23(2)29(25,26)19(12)20(24)22-11-13-7-5-6-8-15(13)21/h5-10H,11H2,1-4H3,(H,22,24). The van der Waals surface area contributed by atoms with Crippen molar-refractivity contribution in [3.8, 4) is 11.5 Å². The van der Waals surface area contributed by atoms with E-state index in [0.29, 0.717) is 38.9 Å². The van der Waals surface area contributed by atoms with E-state index >= 15 is 0 Å². The Morgan fingerprint density at radius 1 is 1.14 bits per heavy atom. The van der Waals surface area contributed by atoms with Crippen molar-refractivity contribution in [3.63, 3.8) is 0 Å². The fourth-order valence-electron chi connectivity index (χ4n) is 3.20. The summed E-state index contributed by atoms with van der Waals surface area (Å²) in [5, 5.41) is 3.15. The van der Waals surface area contributed by atoms with E-state index in [1.807, 2.05) is 0 Å². The lowest BCUT2D eigenvalue weighted by Crippen LogP contribution is -2.39. The van der Waals surface area contributed by atoms with Crippen LogP contribution in [0.5, 0.6) is 11.5 Å². The highest BCUT2D eigenvalue weighted by Gasteiger charge is 2.38. The molecule has 9 heteroatoms. The van der Waals surface area contributed by atoms with Crippen molar-refractivity contribution in [3.05, 3.63) is 57.5 Å². The fraction of sp³-hybridized carbons (Fsp3) is 0.250. The molecule has 0 radical (unpaired) electrons. The van der Waals surface area contributed by atoms with Crippen molar-refractivity contribution in [2.24, 2.45) is 0 Å². The first-order valence-corrected chi connectivity index (χ1v) is 10.5. The van der Waals surface area contributed by atoms with Gasteiger partial charge in [0.05, 0.1) is 19.9 Å². The Balaban J connectivity index is 2.05. The molecule has 1 aliphatic rings. The zero-order valence-corrected chi connectivity index (χ0v) is 18.0. The molecule has 0 saturated carbocycles. The Kier molecular flexibility index (Phi) is 5.77. The summed E-state index contributed by atoms with van der Waals surface area (Å²) in [6, 6.07) is 10.3. The Labute approximate surface area is 174 Å². The molecule has 0 spiro atoms. The van der Waals surface area contributed by atoms with Crippen molar-refractivity contribution < 1.29 is 22.7 Å². The predicted octanol–water partition coefficient (Wildman–Crippen LogP) is 3.18. The van der Waals surface area contributed by atoms with E-state index in [-0.39, 0.29) is 11.4 Å². The number of halogens is 1. The van der Waals surface area contributed by atoms with Gasteiger partial charge in [-0.2, -0.15) is 0 Å². The molecule has 1 aliphatic heterocycles. The third-order valence-electron chi connectivity index (χ3n) is 4.81. The van der Waals surface area contributed by atoms with Crippen LogP contribution < -0.4 is 19.1 Å². The van der Waals surface area contributed by atoms with Crippen LogP contribution in [0, 0.1) is 0 Å². The van der Waals surface area contributed by atoms with Gasteiger partial charge in [0.1, 0.15) is 0 Å². The van der Waals surface area contributed by atoms with Gasteiger partial charge in [0.25, 0.3) is 15.9 Å². The van der Waals surface area contributed by atoms with Crippen molar-refractivity contribution in [2.45, 2.75) is 13.5 Å². The van der Waals surface area contributed by atoms with Crippen molar-refractivity contribution in [2.75, 3.05) is 25.6 Å². The van der Waals surface area contributed by atoms with E-state index in [4.69, 9.17) is 21.1 Å². The second kappa shape index (κ2) is 7.96. The molecule has 0 aromatic heterocycles. The van der Waals surface area contributed by atoms with Crippen LogP contribution in [0.4, 0.5) is 5.69 Å². The summed E-state index contributed by atoms with van der Waals surface area (Å²) in [6.45, 7) is 1.70. The predicted molar refractivity (Wildman–Crippen MR) is 113 cm³/mol. The largest absolute Gasteiger partial charge is 0.493 e. The van der Waals surface area contributed by atoms with Gasteiger partial charge in [-0.3, -0.25) is 9.10 Å². The van der Waals surface area contributed by atoms with Gasteiger partial charge in [-0.25, -0.2) is 8.42 Å². The summed E-state index contributed by atoms with van der Waals surface area (Å²) in [5.74, 6) is 0.136. The lowest BCUT2D eigenvalue weighted by molar-refractivity contribution is -0.117. The summed E-state index contributed by atoms with van der Waals surface area (Å²) in [4.78, 5) is 12.6. The number of carbonyl (C=O) groups is 1. The monoisotopic (exact) mass is 436 g/mol. The Bertz CT molecular complexity index is 1110. The summed E-state index contributed by atoms with van der Waals surface area (Å²) in [7, 11) is 0.305. The van der Waals surface area contributed by atoms with Gasteiger partial charge < -0.3 is 14.8 Å². The van der Waals surface area contributed by atoms with Crippen LogP contribution in [0.2, 0.25) is 5.02 Å². The van der Waals surface area contributed by atoms with E-state index in [9.17, 15) is 13.2 Å². The number of carbonyl (C=O) groups excluding carboxylic acids is 1. The van der Waals surface area contributed by atoms with Crippen LogP contribution in [-0.4, -0.2) is 35.6 Å². The molecule has 0 saturated heterocycles. The highest BCUT2D eigenvalue weighted by atomic mass is 35.5. The van der Waals surface area contributed by atoms with Crippen molar-refractivity contribution in [1.29, 1.82) is 0 Å². The number of nitrogens with one attached hydrogen (secondary N) is 1. The zero-order valence-electron chi connectivity index (χ0n) is 16.4. The normalized spacial score (nSPS) is 15.0. The van der Waals surface area contributed by atoms with Crippen LogP contribution in [-0.2, 0) is 21.4 Å². The molecule has 0 fully saturated rings. The number of hydrogen-bond donors (Lipinski definition) is 1. The minimum absolute atomic E-state index is 0.104. The highest BCUT2D eigenvalue weighted by Crippen LogP contribution is 2.44. The number of benzene rings is 2. The number of methoxy groups -OCH3 is 2. The average Bonchev–Trinajstić information content (AvgIpc) is 2.70. The number of amides is 1. The van der Waals surface area contributed by atoms with Gasteiger partial charge in [-0.05, 0) is 30.2 Å². The summed E-state index contributed by atoms with van der Waals surface area (Å²) in [5.41, 5.74) is 2.00. The van der Waals surface area contributed by atoms with Gasteiger partial charge in [0.2, 0.25) is 0 Å². The van der Waals surface area contributed by atoms with E-state index < -0.39 is 15.9 Å². The van der Waals surface area contributed by atoms with Crippen molar-refractivity contribution >= 4 is 38.8 Å². The van der Waals surface area contributed by atoms with Gasteiger partial charge in [-0.1, -0.05) is 29.8 Å². The summed E-state index contributed by atoms with van der Waals surface area (Å²) >= 11 is 6.11. The minimum Gasteiger partial charge on any atom is -0.493 e. The molecule has 1 amide bonds. The van der Waals surface area contributed by atoms with Crippen LogP contribution >= 0.6 is 11.6 Å². The maximum absolute atomic E-state index is 13.1. The zero-order chi connectivity index (χ0) is 21.3. The smallest absolute Gasteiger partial charge is 0.269 e. The van der Waals surface area contributed by atoms with Crippen LogP contribution in [0.1, 0.15) is 18.1 Å². The second-order valence-electron chi connectivity index (χ2n) is 6.43. The lowest BCUT2D eigenvalue weighted by Gasteiger charge is -2.30. The molecular formula is C20H21ClN2O5S. The molecule has 2 aromatic carbocycles. The number of anilines is 1. The SMILES string of the molecule is COc1cc2c(cc1OC)N(C)S(=O)(=O)C(C(=O)NCc1ccccc1Cl)=C2C. The first-order valence-electron chi connectivity index (χ1n) is 8.70. The van der Waals surface area contributed by atoms with Crippen LogP contribution in [0.25, 0.3) is 5.57 Å². The molecule has 7 nitrogen and oxygen atoms in total. The third kappa shape index (κ3) is 3.65. The summed E-state index contributed by atoms with van der Waals surface area (Å²) < 4.78 is 37.8. The summed E-state index contributed by atoms with van der Waals surface area (Å²) in [6.07, 6.45) is 0. The first kappa shape index (κ1) is 21.0. The van der Waals surface area contributed by atoms with Gasteiger partial charge in [0, 0.05) is 30.2 Å². The fourth-order valence-corrected chi connectivity index (χ4v) is 4.89. The maximum atomic E-state index is 13.1. The Morgan fingerprint density at radius 2 is 1.76 bits per heavy atom. The quantitative estimate of drug-likeness (QED) is 0.778. The Morgan fingerprint density at radius 3 is 2.38 bits per heavy atom. The molecule has 0 bridgehead atoms. The number of allylic oxidation sites excluding steroid dienone is 1. The lowest BCUT2D eigenvalue weighted by atomic mass is 10.0. The molecule has 2 aromatic rings. The van der Waals surface area contributed by atoms with Crippen LogP contribution in [0.3, 0.4) is 0 Å². The molecule has 0 aliphatic carbocycles. The molecule has 1 heterocycles. The molecule has 0 unspecified atom stereocenters. The highest BCUT2D eigenvalue weighted by molar-refractivity contribution is 7.97. The molecule has 154 valence electrons. The first-order chi connectivity index (χ1) is 13.7. The average molecular weight is 437 g/mol.